The van der Waals surface area contributed by atoms with E-state index in [2.05, 4.69) is 30.3 Å². The number of hydrogen-bond acceptors (Lipinski definition) is 7. The minimum absolute atomic E-state index is 0.00353. The summed E-state index contributed by atoms with van der Waals surface area (Å²) >= 11 is 0. The molecular formula is C22H24F3N5O4S. The van der Waals surface area contributed by atoms with Gasteiger partial charge in [0, 0.05) is 24.4 Å². The molecule has 1 amide bonds. The third-order valence-corrected chi connectivity index (χ3v) is 6.73. The van der Waals surface area contributed by atoms with Crippen molar-refractivity contribution in [2.45, 2.75) is 32.0 Å². The van der Waals surface area contributed by atoms with Crippen molar-refractivity contribution in [3.8, 4) is 5.75 Å². The molecule has 4 rings (SSSR count). The summed E-state index contributed by atoms with van der Waals surface area (Å²) in [6, 6.07) is 5.64. The normalized spacial score (nSPS) is 16.1. The van der Waals surface area contributed by atoms with Crippen molar-refractivity contribution in [1.82, 2.24) is 20.3 Å². The molecule has 35 heavy (non-hydrogen) atoms. The van der Waals surface area contributed by atoms with Gasteiger partial charge >= 0.3 is 6.36 Å². The van der Waals surface area contributed by atoms with Crippen molar-refractivity contribution in [1.29, 1.82) is 0 Å². The van der Waals surface area contributed by atoms with Crippen LogP contribution in [0.2, 0.25) is 0 Å². The lowest BCUT2D eigenvalue weighted by Crippen LogP contribution is -2.35. The topological polar surface area (TPSA) is 126 Å². The Balaban J connectivity index is 1.55. The summed E-state index contributed by atoms with van der Waals surface area (Å²) < 4.78 is 65.1. The van der Waals surface area contributed by atoms with E-state index in [4.69, 9.17) is 0 Å². The smallest absolute Gasteiger partial charge is 0.404 e. The average Bonchev–Trinajstić information content (AvgIpc) is 3.15. The van der Waals surface area contributed by atoms with Crippen LogP contribution in [0.4, 0.5) is 24.7 Å². The standard InChI is InChI=1S/C22H24F3N5O4S/c1-35(32,33)10-4-9-26-21(31)13-7-8-15-14(11-13)18-19(29-15)27-12-28-20(18)30-16-5-2-3-6-17(16)34-22(23,24)25/h2-3,5-6,12-13H,4,7-11H2,1H3,(H,26,31)(H2,27,28,29,30)/t13-/m0/s1. The maximum Gasteiger partial charge on any atom is 0.573 e. The SMILES string of the molecule is CS(=O)(=O)CCCNC(=O)[C@H]1CCc2[nH]c3ncnc(Nc4ccccc4OC(F)(F)F)c3c2C1. The molecule has 9 nitrogen and oxygen atoms in total. The summed E-state index contributed by atoms with van der Waals surface area (Å²) in [6.07, 6.45) is -0.515. The molecule has 1 aromatic carbocycles. The van der Waals surface area contributed by atoms with Crippen LogP contribution in [-0.4, -0.2) is 54.2 Å². The van der Waals surface area contributed by atoms with E-state index in [1.165, 1.54) is 24.5 Å². The minimum Gasteiger partial charge on any atom is -0.404 e. The minimum atomic E-state index is -4.85. The molecule has 2 heterocycles. The summed E-state index contributed by atoms with van der Waals surface area (Å²) in [4.78, 5) is 24.4. The molecule has 0 saturated heterocycles. The van der Waals surface area contributed by atoms with Gasteiger partial charge in [0.1, 0.15) is 27.6 Å². The number of anilines is 2. The van der Waals surface area contributed by atoms with Crippen LogP contribution in [0.1, 0.15) is 24.1 Å². The van der Waals surface area contributed by atoms with Crippen LogP contribution in [0.25, 0.3) is 11.0 Å². The van der Waals surface area contributed by atoms with E-state index in [9.17, 15) is 26.4 Å². The van der Waals surface area contributed by atoms with E-state index >= 15 is 0 Å². The summed E-state index contributed by atoms with van der Waals surface area (Å²) in [5.74, 6) is -0.624. The zero-order valence-corrected chi connectivity index (χ0v) is 19.6. The number of alkyl halides is 3. The van der Waals surface area contributed by atoms with Crippen LogP contribution in [0.5, 0.6) is 5.75 Å². The molecule has 2 aromatic heterocycles. The number of H-pyrrole nitrogens is 1. The summed E-state index contributed by atoms with van der Waals surface area (Å²) in [5, 5.41) is 6.31. The van der Waals surface area contributed by atoms with E-state index in [0.717, 1.165) is 17.5 Å². The second-order valence-corrected chi connectivity index (χ2v) is 10.7. The first-order valence-electron chi connectivity index (χ1n) is 10.9. The molecule has 1 aliphatic carbocycles. The highest BCUT2D eigenvalue weighted by Gasteiger charge is 2.33. The molecule has 188 valence electrons. The van der Waals surface area contributed by atoms with Crippen LogP contribution < -0.4 is 15.4 Å². The number of sulfone groups is 1. The van der Waals surface area contributed by atoms with Gasteiger partial charge < -0.3 is 20.4 Å². The highest BCUT2D eigenvalue weighted by atomic mass is 32.2. The Morgan fingerprint density at radius 3 is 2.77 bits per heavy atom. The molecule has 0 bridgehead atoms. The first-order chi connectivity index (χ1) is 16.5. The quantitative estimate of drug-likeness (QED) is 0.396. The maximum atomic E-state index is 12.8. The van der Waals surface area contributed by atoms with Crippen LogP contribution in [0, 0.1) is 5.92 Å². The van der Waals surface area contributed by atoms with Gasteiger partial charge in [-0.1, -0.05) is 12.1 Å². The lowest BCUT2D eigenvalue weighted by Gasteiger charge is -2.22. The number of aromatic nitrogens is 3. The van der Waals surface area contributed by atoms with Gasteiger partial charge in [-0.15, -0.1) is 13.2 Å². The lowest BCUT2D eigenvalue weighted by molar-refractivity contribution is -0.274. The third kappa shape index (κ3) is 6.21. The zero-order valence-electron chi connectivity index (χ0n) is 18.8. The van der Waals surface area contributed by atoms with Crippen molar-refractivity contribution >= 4 is 38.3 Å². The number of fused-ring (bicyclic) bond motifs is 3. The number of carbonyl (C=O) groups excluding carboxylic acids is 1. The molecule has 0 radical (unpaired) electrons. The van der Waals surface area contributed by atoms with Gasteiger partial charge in [-0.3, -0.25) is 4.79 Å². The van der Waals surface area contributed by atoms with Crippen molar-refractivity contribution < 1.29 is 31.1 Å². The van der Waals surface area contributed by atoms with Crippen molar-refractivity contribution in [2.24, 2.45) is 5.92 Å². The molecule has 3 N–H and O–H groups in total. The fraction of sp³-hybridized carbons (Fsp3) is 0.409. The van der Waals surface area contributed by atoms with Gasteiger partial charge in [0.15, 0.2) is 5.75 Å². The van der Waals surface area contributed by atoms with E-state index < -0.39 is 21.9 Å². The molecule has 0 unspecified atom stereocenters. The van der Waals surface area contributed by atoms with Gasteiger partial charge in [-0.25, -0.2) is 18.4 Å². The molecule has 1 atom stereocenters. The predicted octanol–water partition coefficient (Wildman–Crippen LogP) is 3.26. The number of ether oxygens (including phenoxy) is 1. The van der Waals surface area contributed by atoms with Crippen LogP contribution in [-0.2, 0) is 27.5 Å². The van der Waals surface area contributed by atoms with E-state index in [1.807, 2.05) is 0 Å². The van der Waals surface area contributed by atoms with E-state index in [-0.39, 0.29) is 29.8 Å². The van der Waals surface area contributed by atoms with Crippen molar-refractivity contribution in [3.05, 3.63) is 41.9 Å². The average molecular weight is 512 g/mol. The number of amides is 1. The second-order valence-electron chi connectivity index (χ2n) is 8.41. The number of hydrogen-bond donors (Lipinski definition) is 3. The van der Waals surface area contributed by atoms with Gasteiger partial charge in [0.05, 0.1) is 16.8 Å². The molecule has 3 aromatic rings. The van der Waals surface area contributed by atoms with Crippen LogP contribution >= 0.6 is 0 Å². The van der Waals surface area contributed by atoms with Gasteiger partial charge in [0.25, 0.3) is 0 Å². The first kappa shape index (κ1) is 24.8. The fourth-order valence-electron chi connectivity index (χ4n) is 4.16. The Bertz CT molecular complexity index is 1340. The number of para-hydroxylation sites is 2. The molecule has 1 aliphatic rings. The molecule has 0 aliphatic heterocycles. The Morgan fingerprint density at radius 2 is 2.03 bits per heavy atom. The van der Waals surface area contributed by atoms with Crippen molar-refractivity contribution in [2.75, 3.05) is 23.9 Å². The second kappa shape index (κ2) is 9.72. The Morgan fingerprint density at radius 1 is 1.26 bits per heavy atom. The Kier molecular flexibility index (Phi) is 6.88. The van der Waals surface area contributed by atoms with E-state index in [0.29, 0.717) is 42.5 Å². The zero-order chi connectivity index (χ0) is 25.2. The highest BCUT2D eigenvalue weighted by molar-refractivity contribution is 7.90. The number of benzene rings is 1. The van der Waals surface area contributed by atoms with Gasteiger partial charge in [-0.2, -0.15) is 0 Å². The van der Waals surface area contributed by atoms with Crippen LogP contribution in [0.3, 0.4) is 0 Å². The summed E-state index contributed by atoms with van der Waals surface area (Å²) in [5.41, 5.74) is 2.30. The van der Waals surface area contributed by atoms with Gasteiger partial charge in [0.2, 0.25) is 5.91 Å². The number of nitrogens with zero attached hydrogens (tertiary/aromatic N) is 2. The summed E-state index contributed by atoms with van der Waals surface area (Å²) in [6.45, 7) is 0.259. The number of aromatic amines is 1. The lowest BCUT2D eigenvalue weighted by atomic mass is 9.86. The largest absolute Gasteiger partial charge is 0.573 e. The van der Waals surface area contributed by atoms with Crippen molar-refractivity contribution in [3.63, 3.8) is 0 Å². The first-order valence-corrected chi connectivity index (χ1v) is 13.0. The summed E-state index contributed by atoms with van der Waals surface area (Å²) in [7, 11) is -3.10. The maximum absolute atomic E-state index is 12.8. The number of rotatable bonds is 8. The number of aryl methyl sites for hydroxylation is 1. The molecule has 0 fully saturated rings. The fourth-order valence-corrected chi connectivity index (χ4v) is 4.83. The molecule has 0 spiro atoms. The molecular weight excluding hydrogens is 487 g/mol. The molecule has 13 heteroatoms. The number of halogens is 3. The molecule has 0 saturated carbocycles. The highest BCUT2D eigenvalue weighted by Crippen LogP contribution is 2.37. The Hall–Kier alpha value is -3.35. The monoisotopic (exact) mass is 511 g/mol. The van der Waals surface area contributed by atoms with Crippen LogP contribution in [0.15, 0.2) is 30.6 Å². The van der Waals surface area contributed by atoms with E-state index in [1.54, 1.807) is 6.07 Å². The third-order valence-electron chi connectivity index (χ3n) is 5.70. The Labute approximate surface area is 199 Å². The predicted molar refractivity (Wildman–Crippen MR) is 123 cm³/mol. The number of carbonyl (C=O) groups is 1. The van der Waals surface area contributed by atoms with Gasteiger partial charge in [-0.05, 0) is 43.4 Å². The number of nitrogens with one attached hydrogen (secondary N) is 3.